The summed E-state index contributed by atoms with van der Waals surface area (Å²) in [5.41, 5.74) is 8.54. The number of fused-ring (bicyclic) bond motifs is 1. The fourth-order valence-corrected chi connectivity index (χ4v) is 4.31. The Labute approximate surface area is 162 Å². The number of Topliss-reactive ketones (excluding diaryl/α,β-unsaturated/α-hetero) is 1. The Morgan fingerprint density at radius 3 is 3.07 bits per heavy atom. The van der Waals surface area contributed by atoms with E-state index in [-0.39, 0.29) is 12.2 Å². The first-order chi connectivity index (χ1) is 12.9. The van der Waals surface area contributed by atoms with Crippen LogP contribution in [-0.4, -0.2) is 27.5 Å². The summed E-state index contributed by atoms with van der Waals surface area (Å²) in [6, 6.07) is 5.61. The van der Waals surface area contributed by atoms with Gasteiger partial charge in [-0.05, 0) is 35.6 Å². The smallest absolute Gasteiger partial charge is 0.185 e. The van der Waals surface area contributed by atoms with Gasteiger partial charge >= 0.3 is 0 Å². The number of thioether (sulfide) groups is 1. The van der Waals surface area contributed by atoms with Crippen LogP contribution in [0.3, 0.4) is 0 Å². The maximum absolute atomic E-state index is 12.7. The summed E-state index contributed by atoms with van der Waals surface area (Å²) in [5.74, 6) is 0.746. The number of ketones is 1. The predicted molar refractivity (Wildman–Crippen MR) is 106 cm³/mol. The molecule has 0 saturated carbocycles. The fourth-order valence-electron chi connectivity index (χ4n) is 3.41. The van der Waals surface area contributed by atoms with Gasteiger partial charge in [0.05, 0.1) is 18.5 Å². The van der Waals surface area contributed by atoms with E-state index in [1.54, 1.807) is 12.4 Å². The molecular weight excluding hydrogens is 360 g/mol. The zero-order valence-corrected chi connectivity index (χ0v) is 15.9. The van der Waals surface area contributed by atoms with E-state index < -0.39 is 5.54 Å². The number of pyridine rings is 2. The number of aromatic nitrogens is 2. The lowest BCUT2D eigenvalue weighted by Gasteiger charge is -2.30. The molecule has 6 nitrogen and oxygen atoms in total. The summed E-state index contributed by atoms with van der Waals surface area (Å²) in [7, 11) is 0. The van der Waals surface area contributed by atoms with Crippen LogP contribution < -0.4 is 10.5 Å². The molecule has 2 aromatic heterocycles. The molecule has 4 heterocycles. The lowest BCUT2D eigenvalue weighted by Crippen LogP contribution is -2.28. The van der Waals surface area contributed by atoms with Crippen LogP contribution in [0.2, 0.25) is 0 Å². The number of carbonyl (C=O) groups excluding carboxylic acids is 1. The molecule has 1 atom stereocenters. The molecule has 0 radical (unpaired) electrons. The van der Waals surface area contributed by atoms with Crippen molar-refractivity contribution in [2.45, 2.75) is 31.7 Å². The standard InChI is InChI=1S/C20H20N4O2S/c1-12-10-20(2,24-19(21)27-12)18-8-13(3-5-22-18)7-16(25)15-9-14-4-6-26-17(14)11-23-15/h3,5,8-9,11H,1,4,6-7,10H2,2H3,(H2,21,24)/t20-/m0/s1. The summed E-state index contributed by atoms with van der Waals surface area (Å²) in [4.78, 5) is 27.0. The van der Waals surface area contributed by atoms with Gasteiger partial charge in [-0.2, -0.15) is 0 Å². The largest absolute Gasteiger partial charge is 0.491 e. The van der Waals surface area contributed by atoms with Crippen molar-refractivity contribution in [3.8, 4) is 5.75 Å². The average molecular weight is 380 g/mol. The van der Waals surface area contributed by atoms with Gasteiger partial charge < -0.3 is 10.5 Å². The second-order valence-corrected chi connectivity index (χ2v) is 8.17. The minimum absolute atomic E-state index is 0.0290. The van der Waals surface area contributed by atoms with Crippen LogP contribution in [0.15, 0.2) is 47.1 Å². The molecule has 0 saturated heterocycles. The van der Waals surface area contributed by atoms with Crippen molar-refractivity contribution < 1.29 is 9.53 Å². The van der Waals surface area contributed by atoms with Crippen molar-refractivity contribution in [3.63, 3.8) is 0 Å². The molecular formula is C20H20N4O2S. The maximum Gasteiger partial charge on any atom is 0.185 e. The van der Waals surface area contributed by atoms with E-state index in [4.69, 9.17) is 10.5 Å². The van der Waals surface area contributed by atoms with Crippen molar-refractivity contribution in [1.82, 2.24) is 9.97 Å². The zero-order chi connectivity index (χ0) is 19.0. The normalized spacial score (nSPS) is 21.4. The molecule has 0 amide bonds. The van der Waals surface area contributed by atoms with E-state index in [2.05, 4.69) is 21.5 Å². The van der Waals surface area contributed by atoms with Crippen LogP contribution in [-0.2, 0) is 18.4 Å². The van der Waals surface area contributed by atoms with Gasteiger partial charge in [0.25, 0.3) is 0 Å². The van der Waals surface area contributed by atoms with Crippen molar-refractivity contribution in [3.05, 3.63) is 64.6 Å². The maximum atomic E-state index is 12.7. The number of hydrogen-bond acceptors (Lipinski definition) is 7. The number of carbonyl (C=O) groups is 1. The molecule has 2 aliphatic heterocycles. The molecule has 7 heteroatoms. The molecule has 2 aliphatic rings. The van der Waals surface area contributed by atoms with Crippen molar-refractivity contribution in [2.75, 3.05) is 6.61 Å². The average Bonchev–Trinajstić information content (AvgIpc) is 3.08. The molecule has 138 valence electrons. The highest BCUT2D eigenvalue weighted by Gasteiger charge is 2.33. The van der Waals surface area contributed by atoms with Crippen LogP contribution in [0.5, 0.6) is 5.75 Å². The quantitative estimate of drug-likeness (QED) is 0.820. The first-order valence-corrected chi connectivity index (χ1v) is 9.56. The van der Waals surface area contributed by atoms with Crippen LogP contribution in [0.25, 0.3) is 0 Å². The topological polar surface area (TPSA) is 90.5 Å². The van der Waals surface area contributed by atoms with Crippen molar-refractivity contribution in [1.29, 1.82) is 0 Å². The van der Waals surface area contributed by atoms with Gasteiger partial charge in [-0.1, -0.05) is 18.3 Å². The Hall–Kier alpha value is -2.67. The molecule has 0 unspecified atom stereocenters. The molecule has 2 N–H and O–H groups in total. The Balaban J connectivity index is 1.57. The number of hydrogen-bond donors (Lipinski definition) is 1. The van der Waals surface area contributed by atoms with E-state index in [0.29, 0.717) is 23.9 Å². The van der Waals surface area contributed by atoms with Crippen molar-refractivity contribution in [2.24, 2.45) is 10.7 Å². The van der Waals surface area contributed by atoms with Crippen LogP contribution in [0, 0.1) is 0 Å². The molecule has 0 spiro atoms. The molecule has 2 aromatic rings. The molecule has 4 rings (SSSR count). The fraction of sp³-hybridized carbons (Fsp3) is 0.300. The van der Waals surface area contributed by atoms with Crippen LogP contribution >= 0.6 is 11.8 Å². The number of nitrogens with zero attached hydrogens (tertiary/aromatic N) is 3. The SMILES string of the molecule is C=C1C[C@@](C)(c2cc(CC(=O)c3cc4c(cn3)OCC4)ccn2)N=C(N)S1. The zero-order valence-electron chi connectivity index (χ0n) is 15.1. The highest BCUT2D eigenvalue weighted by molar-refractivity contribution is 8.17. The third-order valence-electron chi connectivity index (χ3n) is 4.75. The van der Waals surface area contributed by atoms with E-state index in [0.717, 1.165) is 33.9 Å². The molecule has 0 bridgehead atoms. The number of nitrogens with two attached hydrogens (primary N) is 1. The highest BCUT2D eigenvalue weighted by Crippen LogP contribution is 2.39. The first-order valence-electron chi connectivity index (χ1n) is 8.74. The van der Waals surface area contributed by atoms with E-state index in [9.17, 15) is 4.79 Å². The minimum Gasteiger partial charge on any atom is -0.491 e. The number of rotatable bonds is 4. The lowest BCUT2D eigenvalue weighted by molar-refractivity contribution is 0.0988. The van der Waals surface area contributed by atoms with E-state index >= 15 is 0 Å². The summed E-state index contributed by atoms with van der Waals surface area (Å²) in [5, 5.41) is 0.488. The monoisotopic (exact) mass is 380 g/mol. The van der Waals surface area contributed by atoms with E-state index in [1.807, 2.05) is 25.1 Å². The van der Waals surface area contributed by atoms with Crippen LogP contribution in [0.4, 0.5) is 0 Å². The van der Waals surface area contributed by atoms with Crippen LogP contribution in [0.1, 0.15) is 40.7 Å². The molecule has 0 fully saturated rings. The summed E-state index contributed by atoms with van der Waals surface area (Å²) >= 11 is 1.39. The predicted octanol–water partition coefficient (Wildman–Crippen LogP) is 3.02. The van der Waals surface area contributed by atoms with Gasteiger partial charge in [0.15, 0.2) is 11.0 Å². The first kappa shape index (κ1) is 17.7. The molecule has 27 heavy (non-hydrogen) atoms. The third-order valence-corrected chi connectivity index (χ3v) is 5.48. The van der Waals surface area contributed by atoms with Gasteiger partial charge in [-0.3, -0.25) is 9.78 Å². The van der Waals surface area contributed by atoms with Gasteiger partial charge in [0.2, 0.25) is 0 Å². The van der Waals surface area contributed by atoms with Gasteiger partial charge in [-0.15, -0.1) is 0 Å². The number of ether oxygens (including phenoxy) is 1. The number of amidine groups is 1. The Morgan fingerprint density at radius 1 is 1.41 bits per heavy atom. The molecule has 0 aromatic carbocycles. The van der Waals surface area contributed by atoms with E-state index in [1.165, 1.54) is 11.8 Å². The lowest BCUT2D eigenvalue weighted by atomic mass is 9.92. The Morgan fingerprint density at radius 2 is 2.26 bits per heavy atom. The number of aliphatic imine (C=N–C) groups is 1. The Bertz CT molecular complexity index is 972. The summed E-state index contributed by atoms with van der Waals surface area (Å²) in [6.07, 6.45) is 5.08. The molecule has 0 aliphatic carbocycles. The van der Waals surface area contributed by atoms with Gasteiger partial charge in [-0.25, -0.2) is 9.98 Å². The summed E-state index contributed by atoms with van der Waals surface area (Å²) in [6.45, 7) is 6.66. The second kappa shape index (κ2) is 6.81. The third kappa shape index (κ3) is 3.60. The highest BCUT2D eigenvalue weighted by atomic mass is 32.2. The van der Waals surface area contributed by atoms with Gasteiger partial charge in [0, 0.05) is 31.0 Å². The van der Waals surface area contributed by atoms with Crippen molar-refractivity contribution >= 4 is 22.7 Å². The Kier molecular flexibility index (Phi) is 4.47. The summed E-state index contributed by atoms with van der Waals surface area (Å²) < 4.78 is 5.45. The van der Waals surface area contributed by atoms with Gasteiger partial charge in [0.1, 0.15) is 17.0 Å². The second-order valence-electron chi connectivity index (χ2n) is 6.97. The minimum atomic E-state index is -0.561.